The van der Waals surface area contributed by atoms with E-state index in [9.17, 15) is 4.79 Å². The number of fused-ring (bicyclic) bond motifs is 1. The first-order valence-corrected chi connectivity index (χ1v) is 7.07. The van der Waals surface area contributed by atoms with Crippen LogP contribution in [0.25, 0.3) is 16.8 Å². The zero-order chi connectivity index (χ0) is 14.7. The SMILES string of the molecule is O=C(C=Cc1cccc2ccccc12)c1cccc(Cl)c1. The van der Waals surface area contributed by atoms with E-state index in [0.29, 0.717) is 10.6 Å². The molecular formula is C19H13ClO. The van der Waals surface area contributed by atoms with Crippen molar-refractivity contribution in [2.75, 3.05) is 0 Å². The third kappa shape index (κ3) is 3.04. The van der Waals surface area contributed by atoms with Crippen molar-refractivity contribution in [3.63, 3.8) is 0 Å². The summed E-state index contributed by atoms with van der Waals surface area (Å²) in [5, 5.41) is 2.87. The average Bonchev–Trinajstić information content (AvgIpc) is 2.52. The summed E-state index contributed by atoms with van der Waals surface area (Å²) in [6.07, 6.45) is 3.44. The minimum atomic E-state index is -0.0505. The van der Waals surface area contributed by atoms with Gasteiger partial charge in [-0.05, 0) is 34.5 Å². The third-order valence-corrected chi connectivity index (χ3v) is 3.58. The van der Waals surface area contributed by atoms with Crippen molar-refractivity contribution in [1.29, 1.82) is 0 Å². The molecule has 0 atom stereocenters. The van der Waals surface area contributed by atoms with Gasteiger partial charge in [-0.3, -0.25) is 4.79 Å². The van der Waals surface area contributed by atoms with Crippen molar-refractivity contribution in [2.45, 2.75) is 0 Å². The summed E-state index contributed by atoms with van der Waals surface area (Å²) < 4.78 is 0. The van der Waals surface area contributed by atoms with Gasteiger partial charge in [-0.25, -0.2) is 0 Å². The molecule has 1 nitrogen and oxygen atoms in total. The van der Waals surface area contributed by atoms with E-state index in [0.717, 1.165) is 16.3 Å². The topological polar surface area (TPSA) is 17.1 Å². The first-order valence-electron chi connectivity index (χ1n) is 6.70. The van der Waals surface area contributed by atoms with E-state index >= 15 is 0 Å². The van der Waals surface area contributed by atoms with Crippen LogP contribution < -0.4 is 0 Å². The average molecular weight is 293 g/mol. The summed E-state index contributed by atoms with van der Waals surface area (Å²) in [6, 6.07) is 21.2. The molecule has 21 heavy (non-hydrogen) atoms. The summed E-state index contributed by atoms with van der Waals surface area (Å²) >= 11 is 5.91. The van der Waals surface area contributed by atoms with Crippen LogP contribution in [-0.2, 0) is 0 Å². The molecular weight excluding hydrogens is 280 g/mol. The molecule has 0 amide bonds. The van der Waals surface area contributed by atoms with Gasteiger partial charge in [0.1, 0.15) is 0 Å². The molecule has 0 bridgehead atoms. The van der Waals surface area contributed by atoms with Crippen LogP contribution in [0.3, 0.4) is 0 Å². The van der Waals surface area contributed by atoms with Crippen LogP contribution in [0.1, 0.15) is 15.9 Å². The lowest BCUT2D eigenvalue weighted by atomic mass is 10.0. The van der Waals surface area contributed by atoms with Gasteiger partial charge >= 0.3 is 0 Å². The van der Waals surface area contributed by atoms with Crippen molar-refractivity contribution < 1.29 is 4.79 Å². The smallest absolute Gasteiger partial charge is 0.185 e. The molecule has 102 valence electrons. The Hall–Kier alpha value is -2.38. The summed E-state index contributed by atoms with van der Waals surface area (Å²) in [6.45, 7) is 0. The summed E-state index contributed by atoms with van der Waals surface area (Å²) in [7, 11) is 0. The molecule has 3 aromatic rings. The molecule has 0 saturated carbocycles. The first kappa shape index (κ1) is 13.6. The second-order valence-corrected chi connectivity index (χ2v) is 5.21. The molecule has 0 saturated heterocycles. The predicted molar refractivity (Wildman–Crippen MR) is 88.8 cm³/mol. The first-order chi connectivity index (χ1) is 10.2. The van der Waals surface area contributed by atoms with E-state index in [1.807, 2.05) is 30.3 Å². The quantitative estimate of drug-likeness (QED) is 0.467. The van der Waals surface area contributed by atoms with Crippen molar-refractivity contribution in [3.05, 3.63) is 89.0 Å². The third-order valence-electron chi connectivity index (χ3n) is 3.35. The maximum Gasteiger partial charge on any atom is 0.185 e. The highest BCUT2D eigenvalue weighted by Crippen LogP contribution is 2.20. The van der Waals surface area contributed by atoms with Gasteiger partial charge in [-0.15, -0.1) is 0 Å². The van der Waals surface area contributed by atoms with E-state index in [2.05, 4.69) is 18.2 Å². The number of benzene rings is 3. The standard InChI is InChI=1S/C19H13ClO/c20-17-9-4-8-16(13-17)19(21)12-11-15-7-3-6-14-5-1-2-10-18(14)15/h1-13H. The Kier molecular flexibility index (Phi) is 3.85. The molecule has 0 aliphatic heterocycles. The Morgan fingerprint density at radius 1 is 0.905 bits per heavy atom. The van der Waals surface area contributed by atoms with Crippen LogP contribution in [0.15, 0.2) is 72.8 Å². The Labute approximate surface area is 128 Å². The van der Waals surface area contributed by atoms with E-state index < -0.39 is 0 Å². The van der Waals surface area contributed by atoms with Crippen LogP contribution in [0.5, 0.6) is 0 Å². The maximum absolute atomic E-state index is 12.2. The molecule has 0 aliphatic rings. The Morgan fingerprint density at radius 2 is 1.67 bits per heavy atom. The zero-order valence-electron chi connectivity index (χ0n) is 11.3. The lowest BCUT2D eigenvalue weighted by Crippen LogP contribution is -1.93. The van der Waals surface area contributed by atoms with Crippen molar-refractivity contribution in [3.8, 4) is 0 Å². The maximum atomic E-state index is 12.2. The molecule has 0 radical (unpaired) electrons. The number of hydrogen-bond acceptors (Lipinski definition) is 1. The summed E-state index contributed by atoms with van der Waals surface area (Å²) in [5.74, 6) is -0.0505. The van der Waals surface area contributed by atoms with Crippen LogP contribution in [0, 0.1) is 0 Å². The Bertz CT molecular complexity index is 828. The fourth-order valence-corrected chi connectivity index (χ4v) is 2.49. The van der Waals surface area contributed by atoms with Gasteiger partial charge < -0.3 is 0 Å². The molecule has 2 heteroatoms. The number of carbonyl (C=O) groups is 1. The molecule has 0 unspecified atom stereocenters. The van der Waals surface area contributed by atoms with Crippen molar-refractivity contribution >= 4 is 34.2 Å². The van der Waals surface area contributed by atoms with Gasteiger partial charge in [-0.1, -0.05) is 72.3 Å². The van der Waals surface area contributed by atoms with Crippen molar-refractivity contribution in [1.82, 2.24) is 0 Å². The molecule has 0 N–H and O–H groups in total. The zero-order valence-corrected chi connectivity index (χ0v) is 12.0. The molecule has 0 fully saturated rings. The van der Waals surface area contributed by atoms with E-state index in [4.69, 9.17) is 11.6 Å². The lowest BCUT2D eigenvalue weighted by Gasteiger charge is -2.01. The molecule has 0 aliphatic carbocycles. The normalized spacial score (nSPS) is 11.1. The van der Waals surface area contributed by atoms with Gasteiger partial charge in [-0.2, -0.15) is 0 Å². The Balaban J connectivity index is 1.93. The summed E-state index contributed by atoms with van der Waals surface area (Å²) in [4.78, 5) is 12.2. The van der Waals surface area contributed by atoms with Crippen LogP contribution in [0.4, 0.5) is 0 Å². The second kappa shape index (κ2) is 5.94. The van der Waals surface area contributed by atoms with E-state index in [-0.39, 0.29) is 5.78 Å². The second-order valence-electron chi connectivity index (χ2n) is 4.78. The molecule has 0 aromatic heterocycles. The number of ketones is 1. The van der Waals surface area contributed by atoms with Crippen LogP contribution in [-0.4, -0.2) is 5.78 Å². The minimum absolute atomic E-state index is 0.0505. The highest BCUT2D eigenvalue weighted by Gasteiger charge is 2.02. The number of allylic oxidation sites excluding steroid dienone is 1. The van der Waals surface area contributed by atoms with E-state index in [1.165, 1.54) is 0 Å². The minimum Gasteiger partial charge on any atom is -0.289 e. The van der Waals surface area contributed by atoms with Crippen LogP contribution >= 0.6 is 11.6 Å². The van der Waals surface area contributed by atoms with Gasteiger partial charge in [0, 0.05) is 10.6 Å². The monoisotopic (exact) mass is 292 g/mol. The number of halogens is 1. The van der Waals surface area contributed by atoms with Gasteiger partial charge in [0.2, 0.25) is 0 Å². The summed E-state index contributed by atoms with van der Waals surface area (Å²) in [5.41, 5.74) is 1.63. The number of carbonyl (C=O) groups excluding carboxylic acids is 1. The highest BCUT2D eigenvalue weighted by atomic mass is 35.5. The van der Waals surface area contributed by atoms with Gasteiger partial charge in [0.15, 0.2) is 5.78 Å². The van der Waals surface area contributed by atoms with Gasteiger partial charge in [0.05, 0.1) is 0 Å². The fourth-order valence-electron chi connectivity index (χ4n) is 2.30. The van der Waals surface area contributed by atoms with Gasteiger partial charge in [0.25, 0.3) is 0 Å². The molecule has 0 spiro atoms. The molecule has 0 heterocycles. The number of rotatable bonds is 3. The number of hydrogen-bond donors (Lipinski definition) is 0. The molecule has 3 aromatic carbocycles. The largest absolute Gasteiger partial charge is 0.289 e. The van der Waals surface area contributed by atoms with E-state index in [1.54, 1.807) is 30.3 Å². The fraction of sp³-hybridized carbons (Fsp3) is 0. The van der Waals surface area contributed by atoms with Crippen LogP contribution in [0.2, 0.25) is 5.02 Å². The predicted octanol–water partition coefficient (Wildman–Crippen LogP) is 5.39. The van der Waals surface area contributed by atoms with Crippen molar-refractivity contribution in [2.24, 2.45) is 0 Å². The lowest BCUT2D eigenvalue weighted by molar-refractivity contribution is 0.104. The molecule has 3 rings (SSSR count). The highest BCUT2D eigenvalue weighted by molar-refractivity contribution is 6.31. The Morgan fingerprint density at radius 3 is 2.52 bits per heavy atom.